The number of nitrogens with one attached hydrogen (secondary N) is 1. The van der Waals surface area contributed by atoms with Crippen molar-refractivity contribution in [2.75, 3.05) is 12.4 Å². The summed E-state index contributed by atoms with van der Waals surface area (Å²) in [5.41, 5.74) is 0.199. The highest BCUT2D eigenvalue weighted by atomic mass is 35.5. The molecule has 1 amide bonds. The van der Waals surface area contributed by atoms with Crippen LogP contribution in [0.2, 0.25) is 5.02 Å². The number of halogens is 3. The Kier molecular flexibility index (Phi) is 3.55. The first kappa shape index (κ1) is 11.1. The molecule has 3 nitrogen and oxygen atoms in total. The first-order valence-electron chi connectivity index (χ1n) is 3.54. The van der Waals surface area contributed by atoms with Crippen molar-refractivity contribution < 1.29 is 13.9 Å². The molecular formula is C8H6Cl2FNO2. The summed E-state index contributed by atoms with van der Waals surface area (Å²) in [7, 11) is 1.30. The summed E-state index contributed by atoms with van der Waals surface area (Å²) in [6, 6.07) is 2.28. The molecule has 76 valence electrons. The van der Waals surface area contributed by atoms with E-state index in [1.807, 2.05) is 0 Å². The first-order chi connectivity index (χ1) is 6.54. The van der Waals surface area contributed by atoms with Crippen LogP contribution >= 0.6 is 23.2 Å². The second-order valence-corrected chi connectivity index (χ2v) is 3.12. The third kappa shape index (κ3) is 2.49. The zero-order chi connectivity index (χ0) is 10.7. The molecule has 14 heavy (non-hydrogen) atoms. The first-order valence-corrected chi connectivity index (χ1v) is 4.29. The van der Waals surface area contributed by atoms with Crippen LogP contribution in [0.5, 0.6) is 5.75 Å². The zero-order valence-corrected chi connectivity index (χ0v) is 8.62. The molecule has 1 aromatic carbocycles. The summed E-state index contributed by atoms with van der Waals surface area (Å²) in [5.74, 6) is -0.625. The smallest absolute Gasteiger partial charge is 0.318 e. The maximum atomic E-state index is 13.0. The second kappa shape index (κ2) is 4.48. The highest BCUT2D eigenvalue weighted by Gasteiger charge is 2.10. The van der Waals surface area contributed by atoms with E-state index in [-0.39, 0.29) is 16.5 Å². The van der Waals surface area contributed by atoms with Crippen LogP contribution < -0.4 is 10.1 Å². The van der Waals surface area contributed by atoms with Crippen LogP contribution in [0.15, 0.2) is 12.1 Å². The van der Waals surface area contributed by atoms with Crippen LogP contribution in [0.3, 0.4) is 0 Å². The Bertz CT molecular complexity index is 371. The van der Waals surface area contributed by atoms with Gasteiger partial charge in [-0.2, -0.15) is 0 Å². The number of amides is 1. The average molecular weight is 238 g/mol. The number of benzene rings is 1. The van der Waals surface area contributed by atoms with E-state index >= 15 is 0 Å². The summed E-state index contributed by atoms with van der Waals surface area (Å²) >= 11 is 10.7. The number of hydrogen-bond donors (Lipinski definition) is 1. The van der Waals surface area contributed by atoms with Gasteiger partial charge in [0.2, 0.25) is 0 Å². The summed E-state index contributed by atoms with van der Waals surface area (Å²) in [6.45, 7) is 0. The molecule has 1 aromatic rings. The van der Waals surface area contributed by atoms with Gasteiger partial charge >= 0.3 is 5.37 Å². The number of anilines is 1. The minimum absolute atomic E-state index is 0.0187. The highest BCUT2D eigenvalue weighted by molar-refractivity contribution is 6.66. The normalized spacial score (nSPS) is 9.71. The molecule has 0 aliphatic carbocycles. The number of carbonyl (C=O) groups excluding carboxylic acids is 1. The van der Waals surface area contributed by atoms with Crippen LogP contribution in [-0.4, -0.2) is 12.5 Å². The van der Waals surface area contributed by atoms with Crippen molar-refractivity contribution in [2.24, 2.45) is 0 Å². The van der Waals surface area contributed by atoms with Crippen LogP contribution in [0.4, 0.5) is 14.9 Å². The lowest BCUT2D eigenvalue weighted by Crippen LogP contribution is -2.02. The van der Waals surface area contributed by atoms with Crippen molar-refractivity contribution in [3.63, 3.8) is 0 Å². The van der Waals surface area contributed by atoms with Gasteiger partial charge in [-0.1, -0.05) is 11.6 Å². The largest absolute Gasteiger partial charge is 0.494 e. The predicted molar refractivity (Wildman–Crippen MR) is 52.8 cm³/mol. The van der Waals surface area contributed by atoms with Crippen molar-refractivity contribution in [3.05, 3.63) is 23.0 Å². The fraction of sp³-hybridized carbons (Fsp3) is 0.125. The molecular weight excluding hydrogens is 232 g/mol. The number of methoxy groups -OCH3 is 1. The summed E-state index contributed by atoms with van der Waals surface area (Å²) in [4.78, 5) is 10.5. The van der Waals surface area contributed by atoms with Gasteiger partial charge in [0.25, 0.3) is 0 Å². The van der Waals surface area contributed by atoms with Gasteiger partial charge in [-0.25, -0.2) is 4.39 Å². The van der Waals surface area contributed by atoms with E-state index in [1.165, 1.54) is 13.2 Å². The molecule has 0 radical (unpaired) electrons. The SMILES string of the molecule is COc1cc(NC(=O)Cl)c(Cl)cc1F. The molecule has 0 heterocycles. The molecule has 1 rings (SSSR count). The molecule has 0 saturated heterocycles. The molecule has 0 aliphatic rings. The molecule has 0 aromatic heterocycles. The van der Waals surface area contributed by atoms with Crippen LogP contribution in [0.25, 0.3) is 0 Å². The van der Waals surface area contributed by atoms with Gasteiger partial charge < -0.3 is 10.1 Å². The summed E-state index contributed by atoms with van der Waals surface area (Å²) < 4.78 is 17.7. The van der Waals surface area contributed by atoms with Gasteiger partial charge in [0, 0.05) is 6.07 Å². The number of carbonyl (C=O) groups is 1. The van der Waals surface area contributed by atoms with E-state index < -0.39 is 11.2 Å². The van der Waals surface area contributed by atoms with Crippen molar-refractivity contribution >= 4 is 34.3 Å². The van der Waals surface area contributed by atoms with E-state index in [0.29, 0.717) is 0 Å². The Morgan fingerprint density at radius 2 is 2.21 bits per heavy atom. The lowest BCUT2D eigenvalue weighted by atomic mass is 10.3. The zero-order valence-electron chi connectivity index (χ0n) is 7.11. The average Bonchev–Trinajstić information content (AvgIpc) is 2.09. The molecule has 0 saturated carbocycles. The van der Waals surface area contributed by atoms with E-state index in [4.69, 9.17) is 27.9 Å². The van der Waals surface area contributed by atoms with Crippen molar-refractivity contribution in [2.45, 2.75) is 0 Å². The monoisotopic (exact) mass is 237 g/mol. The molecule has 0 atom stereocenters. The van der Waals surface area contributed by atoms with Gasteiger partial charge in [-0.15, -0.1) is 0 Å². The van der Waals surface area contributed by atoms with E-state index in [9.17, 15) is 9.18 Å². The Morgan fingerprint density at radius 3 is 2.71 bits per heavy atom. The topological polar surface area (TPSA) is 38.3 Å². The Balaban J connectivity index is 3.10. The fourth-order valence-corrected chi connectivity index (χ4v) is 1.19. The third-order valence-corrected chi connectivity index (χ3v) is 1.88. The minimum Gasteiger partial charge on any atom is -0.494 e. The van der Waals surface area contributed by atoms with Crippen molar-refractivity contribution in [1.82, 2.24) is 0 Å². The van der Waals surface area contributed by atoms with Crippen LogP contribution in [0, 0.1) is 5.82 Å². The maximum absolute atomic E-state index is 13.0. The summed E-state index contributed by atoms with van der Waals surface area (Å²) in [5, 5.41) is 1.47. The summed E-state index contributed by atoms with van der Waals surface area (Å²) in [6.07, 6.45) is 0. The third-order valence-electron chi connectivity index (χ3n) is 1.47. The van der Waals surface area contributed by atoms with Gasteiger partial charge in [-0.05, 0) is 17.7 Å². The van der Waals surface area contributed by atoms with Crippen molar-refractivity contribution in [3.8, 4) is 5.75 Å². The van der Waals surface area contributed by atoms with Gasteiger partial charge in [0.05, 0.1) is 17.8 Å². The Morgan fingerprint density at radius 1 is 1.57 bits per heavy atom. The molecule has 0 bridgehead atoms. The van der Waals surface area contributed by atoms with Gasteiger partial charge in [-0.3, -0.25) is 4.79 Å². The Labute approximate surface area is 89.8 Å². The second-order valence-electron chi connectivity index (χ2n) is 2.37. The number of hydrogen-bond acceptors (Lipinski definition) is 2. The number of rotatable bonds is 2. The maximum Gasteiger partial charge on any atom is 0.318 e. The molecule has 0 aliphatic heterocycles. The highest BCUT2D eigenvalue weighted by Crippen LogP contribution is 2.29. The van der Waals surface area contributed by atoms with E-state index in [2.05, 4.69) is 5.32 Å². The fourth-order valence-electron chi connectivity index (χ4n) is 0.887. The van der Waals surface area contributed by atoms with E-state index in [0.717, 1.165) is 6.07 Å². The van der Waals surface area contributed by atoms with Crippen molar-refractivity contribution in [1.29, 1.82) is 0 Å². The number of ether oxygens (including phenoxy) is 1. The minimum atomic E-state index is -0.805. The lowest BCUT2D eigenvalue weighted by Gasteiger charge is -2.07. The Hall–Kier alpha value is -1.00. The standard InChI is InChI=1S/C8H6Cl2FNO2/c1-14-7-3-6(12-8(10)13)4(9)2-5(7)11/h2-3H,1H3,(H,12,13). The molecule has 1 N–H and O–H groups in total. The predicted octanol–water partition coefficient (Wildman–Crippen LogP) is 3.26. The lowest BCUT2D eigenvalue weighted by molar-refractivity contribution is 0.269. The van der Waals surface area contributed by atoms with Gasteiger partial charge in [0.1, 0.15) is 0 Å². The van der Waals surface area contributed by atoms with Crippen LogP contribution in [0.1, 0.15) is 0 Å². The van der Waals surface area contributed by atoms with E-state index in [1.54, 1.807) is 0 Å². The molecule has 0 unspecified atom stereocenters. The molecule has 0 spiro atoms. The molecule has 6 heteroatoms. The quantitative estimate of drug-likeness (QED) is 0.634. The van der Waals surface area contributed by atoms with Crippen LogP contribution in [-0.2, 0) is 0 Å². The molecule has 0 fully saturated rings. The van der Waals surface area contributed by atoms with Gasteiger partial charge in [0.15, 0.2) is 11.6 Å².